The summed E-state index contributed by atoms with van der Waals surface area (Å²) < 4.78 is 33.1. The summed E-state index contributed by atoms with van der Waals surface area (Å²) in [4.78, 5) is 55.7. The molecular weight excluding hydrogens is 663 g/mol. The van der Waals surface area contributed by atoms with Crippen LogP contribution in [0, 0.1) is 5.92 Å². The Morgan fingerprint density at radius 3 is 2.30 bits per heavy atom. The first kappa shape index (κ1) is 36.0. The van der Waals surface area contributed by atoms with Crippen molar-refractivity contribution in [1.82, 2.24) is 29.6 Å². The average molecular weight is 706 g/mol. The number of hydrogen-bond donors (Lipinski definition) is 3. The number of rotatable bonds is 10. The molecule has 3 aliphatic rings. The van der Waals surface area contributed by atoms with Crippen molar-refractivity contribution >= 4 is 57.2 Å². The van der Waals surface area contributed by atoms with Crippen LogP contribution in [0.3, 0.4) is 0 Å². The molecule has 3 N–H and O–H groups in total. The summed E-state index contributed by atoms with van der Waals surface area (Å²) in [7, 11) is -2.11. The van der Waals surface area contributed by atoms with Gasteiger partial charge in [-0.05, 0) is 76.2 Å². The van der Waals surface area contributed by atoms with E-state index in [1.807, 2.05) is 7.05 Å². The molecule has 0 saturated carbocycles. The molecule has 0 bridgehead atoms. The van der Waals surface area contributed by atoms with Crippen molar-refractivity contribution in [1.29, 1.82) is 0 Å². The first-order valence-electron chi connectivity index (χ1n) is 15.5. The van der Waals surface area contributed by atoms with Crippen molar-refractivity contribution in [3.05, 3.63) is 28.2 Å². The van der Waals surface area contributed by atoms with Crippen LogP contribution in [0.2, 0.25) is 10.0 Å². The topological polar surface area (TPSA) is 169 Å². The van der Waals surface area contributed by atoms with Crippen LogP contribution >= 0.6 is 23.2 Å². The zero-order chi connectivity index (χ0) is 33.4. The number of aliphatic carboxylic acids is 1. The van der Waals surface area contributed by atoms with Gasteiger partial charge in [0.05, 0.1) is 18.0 Å². The number of carboxylic acids is 1. The first-order chi connectivity index (χ1) is 21.8. The second-order valence-corrected chi connectivity index (χ2v) is 14.7. The van der Waals surface area contributed by atoms with Crippen LogP contribution < -0.4 is 10.6 Å². The first-order valence-corrected chi connectivity index (χ1v) is 17.7. The summed E-state index contributed by atoms with van der Waals surface area (Å²) in [6, 6.07) is 0.794. The van der Waals surface area contributed by atoms with E-state index in [-0.39, 0.29) is 46.5 Å². The number of amides is 4. The lowest BCUT2D eigenvalue weighted by molar-refractivity contribution is -0.142. The van der Waals surface area contributed by atoms with Crippen LogP contribution in [0.15, 0.2) is 23.1 Å². The number of sulfonamides is 1. The number of benzene rings is 1. The van der Waals surface area contributed by atoms with Crippen molar-refractivity contribution < 1.29 is 37.4 Å². The van der Waals surface area contributed by atoms with Crippen LogP contribution in [-0.2, 0) is 24.3 Å². The Kier molecular flexibility index (Phi) is 12.8. The van der Waals surface area contributed by atoms with Gasteiger partial charge in [0.25, 0.3) is 0 Å². The standard InChI is InChI=1S/C29H42Cl2N6O8S/c1-34-8-3-9-36(14-13-34)29(42)45-15-7-20-5-11-35(12-6-20)28(41)32-19-24(27(39)40)33-26(38)25-4-2-10-37(25)46(43,44)23-17-21(30)16-22(31)18-23/h16-18,20,24-25H,2-15,19H2,1H3,(H,32,41)(H,33,38)(H,39,40)/t24-,25-/m0/s1. The minimum Gasteiger partial charge on any atom is -0.480 e. The number of halogens is 2. The molecule has 3 saturated heterocycles. The number of likely N-dealkylation sites (tertiary alicyclic amines) is 1. The fourth-order valence-corrected chi connectivity index (χ4v) is 8.31. The molecule has 0 aliphatic carbocycles. The fourth-order valence-electron chi connectivity index (χ4n) is 5.93. The second-order valence-electron chi connectivity index (χ2n) is 11.9. The molecule has 0 aromatic heterocycles. The molecule has 3 heterocycles. The minimum atomic E-state index is -4.15. The van der Waals surface area contributed by atoms with Gasteiger partial charge in [0, 0.05) is 49.3 Å². The lowest BCUT2D eigenvalue weighted by atomic mass is 9.94. The highest BCUT2D eigenvalue weighted by Crippen LogP contribution is 2.30. The predicted octanol–water partition coefficient (Wildman–Crippen LogP) is 2.30. The average Bonchev–Trinajstić information content (AvgIpc) is 3.42. The number of likely N-dealkylation sites (N-methyl/N-ethyl adjacent to an activating group) is 1. The van der Waals surface area contributed by atoms with Crippen molar-refractivity contribution in [2.45, 2.75) is 55.5 Å². The number of urea groups is 1. The van der Waals surface area contributed by atoms with Crippen LogP contribution in [0.1, 0.15) is 38.5 Å². The molecule has 1 aromatic carbocycles. The van der Waals surface area contributed by atoms with Gasteiger partial charge in [0.15, 0.2) is 0 Å². The van der Waals surface area contributed by atoms with E-state index in [0.717, 1.165) is 23.8 Å². The molecular formula is C29H42Cl2N6O8S. The maximum absolute atomic E-state index is 13.3. The highest BCUT2D eigenvalue weighted by Gasteiger charge is 2.41. The SMILES string of the molecule is CN1CCCN(C(=O)OCCC2CCN(C(=O)NC[C@H](NC(=O)[C@@H]3CCCN3S(=O)(=O)c3cc(Cl)cc(Cl)c3)C(=O)O)CC2)CC1. The number of hydrogen-bond acceptors (Lipinski definition) is 8. The van der Waals surface area contributed by atoms with Gasteiger partial charge in [0.1, 0.15) is 12.1 Å². The van der Waals surface area contributed by atoms with Crippen molar-refractivity contribution in [3.8, 4) is 0 Å². The summed E-state index contributed by atoms with van der Waals surface area (Å²) >= 11 is 12.0. The maximum atomic E-state index is 13.3. The quantitative estimate of drug-likeness (QED) is 0.331. The molecule has 17 heteroatoms. The van der Waals surface area contributed by atoms with Crippen molar-refractivity contribution in [2.75, 3.05) is 66.0 Å². The van der Waals surface area contributed by atoms with E-state index in [4.69, 9.17) is 27.9 Å². The summed E-state index contributed by atoms with van der Waals surface area (Å²) in [5, 5.41) is 14.9. The van der Waals surface area contributed by atoms with Gasteiger partial charge in [-0.1, -0.05) is 23.2 Å². The molecule has 0 spiro atoms. The Morgan fingerprint density at radius 1 is 0.935 bits per heavy atom. The Bertz CT molecular complexity index is 1360. The molecule has 2 atom stereocenters. The van der Waals surface area contributed by atoms with E-state index in [1.54, 1.807) is 9.80 Å². The Hall–Kier alpha value is -2.85. The third-order valence-electron chi connectivity index (χ3n) is 8.65. The van der Waals surface area contributed by atoms with Crippen LogP contribution in [-0.4, -0.2) is 135 Å². The lowest BCUT2D eigenvalue weighted by Crippen LogP contribution is -2.55. The number of nitrogens with one attached hydrogen (secondary N) is 2. The van der Waals surface area contributed by atoms with Crippen LogP contribution in [0.25, 0.3) is 0 Å². The van der Waals surface area contributed by atoms with E-state index in [0.29, 0.717) is 58.5 Å². The third-order valence-corrected chi connectivity index (χ3v) is 11.0. The third kappa shape index (κ3) is 9.59. The highest BCUT2D eigenvalue weighted by atomic mass is 35.5. The van der Waals surface area contributed by atoms with Gasteiger partial charge >= 0.3 is 18.1 Å². The van der Waals surface area contributed by atoms with Crippen molar-refractivity contribution in [3.63, 3.8) is 0 Å². The molecule has 3 fully saturated rings. The number of carbonyl (C=O) groups is 4. The maximum Gasteiger partial charge on any atom is 0.409 e. The van der Waals surface area contributed by atoms with E-state index in [1.165, 1.54) is 18.2 Å². The van der Waals surface area contributed by atoms with E-state index >= 15 is 0 Å². The molecule has 4 rings (SSSR count). The molecule has 14 nitrogen and oxygen atoms in total. The summed E-state index contributed by atoms with van der Waals surface area (Å²) in [6.45, 7) is 4.01. The minimum absolute atomic E-state index is 0.0632. The van der Waals surface area contributed by atoms with Crippen LogP contribution in [0.5, 0.6) is 0 Å². The van der Waals surface area contributed by atoms with Gasteiger partial charge in [-0.3, -0.25) is 4.79 Å². The Morgan fingerprint density at radius 2 is 1.63 bits per heavy atom. The largest absolute Gasteiger partial charge is 0.480 e. The smallest absolute Gasteiger partial charge is 0.409 e. The van der Waals surface area contributed by atoms with Gasteiger partial charge in [-0.15, -0.1) is 0 Å². The molecule has 1 aromatic rings. The summed E-state index contributed by atoms with van der Waals surface area (Å²) in [6.07, 6.45) is 3.33. The monoisotopic (exact) mass is 704 g/mol. The van der Waals surface area contributed by atoms with Gasteiger partial charge in [0.2, 0.25) is 15.9 Å². The highest BCUT2D eigenvalue weighted by molar-refractivity contribution is 7.89. The molecule has 46 heavy (non-hydrogen) atoms. The molecule has 256 valence electrons. The van der Waals surface area contributed by atoms with Crippen molar-refractivity contribution in [2.24, 2.45) is 5.92 Å². The normalized spacial score (nSPS) is 21.0. The number of ether oxygens (including phenoxy) is 1. The second kappa shape index (κ2) is 16.3. The molecule has 3 aliphatic heterocycles. The summed E-state index contributed by atoms with van der Waals surface area (Å²) in [5.74, 6) is -1.87. The number of carboxylic acid groups (broad SMARTS) is 1. The van der Waals surface area contributed by atoms with Gasteiger partial charge in [-0.25, -0.2) is 22.8 Å². The Labute approximate surface area is 279 Å². The number of carbonyl (C=O) groups excluding carboxylic acids is 3. The van der Waals surface area contributed by atoms with E-state index in [9.17, 15) is 32.7 Å². The van der Waals surface area contributed by atoms with Gasteiger partial charge < -0.3 is 35.2 Å². The van der Waals surface area contributed by atoms with Crippen LogP contribution in [0.4, 0.5) is 9.59 Å². The Balaban J connectivity index is 1.21. The lowest BCUT2D eigenvalue weighted by Gasteiger charge is -2.32. The zero-order valence-electron chi connectivity index (χ0n) is 25.8. The number of nitrogens with zero attached hydrogens (tertiary/aromatic N) is 4. The van der Waals surface area contributed by atoms with E-state index < -0.39 is 40.0 Å². The van der Waals surface area contributed by atoms with Gasteiger partial charge in [-0.2, -0.15) is 4.31 Å². The fraction of sp³-hybridized carbons (Fsp3) is 0.655. The summed E-state index contributed by atoms with van der Waals surface area (Å²) in [5.41, 5.74) is 0. The molecule has 4 amide bonds. The molecule has 0 unspecified atom stereocenters. The molecule has 0 radical (unpaired) electrons. The zero-order valence-corrected chi connectivity index (χ0v) is 28.2. The predicted molar refractivity (Wildman–Crippen MR) is 170 cm³/mol. The van der Waals surface area contributed by atoms with E-state index in [2.05, 4.69) is 15.5 Å². The number of piperidine rings is 1.